The van der Waals surface area contributed by atoms with Crippen LogP contribution in [0.25, 0.3) is 0 Å². The smallest absolute Gasteiger partial charge is 0.293 e. The first-order valence-electron chi connectivity index (χ1n) is 8.98. The van der Waals surface area contributed by atoms with E-state index in [0.717, 1.165) is 38.3 Å². The lowest BCUT2D eigenvalue weighted by Gasteiger charge is -2.35. The number of ketones is 1. The van der Waals surface area contributed by atoms with Gasteiger partial charge in [-0.25, -0.2) is 0 Å². The molecule has 1 N–H and O–H groups in total. The van der Waals surface area contributed by atoms with Gasteiger partial charge in [0.05, 0.1) is 0 Å². The zero-order valence-corrected chi connectivity index (χ0v) is 15.6. The molecule has 0 aromatic rings. The summed E-state index contributed by atoms with van der Waals surface area (Å²) in [6.45, 7) is 12.7. The maximum Gasteiger partial charge on any atom is 0.293 e. The molecule has 0 radical (unpaired) electrons. The van der Waals surface area contributed by atoms with Gasteiger partial charge in [-0.3, -0.25) is 9.59 Å². The summed E-state index contributed by atoms with van der Waals surface area (Å²) in [6.07, 6.45) is 6.88. The summed E-state index contributed by atoms with van der Waals surface area (Å²) >= 11 is 0. The van der Waals surface area contributed by atoms with Crippen molar-refractivity contribution >= 4 is 12.3 Å². The van der Waals surface area contributed by atoms with Crippen LogP contribution in [0, 0.1) is 17.3 Å². The van der Waals surface area contributed by atoms with E-state index in [1.165, 1.54) is 19.3 Å². The zero-order valence-electron chi connectivity index (χ0n) is 15.6. The third-order valence-electron chi connectivity index (χ3n) is 4.76. The van der Waals surface area contributed by atoms with Crippen LogP contribution in [0.4, 0.5) is 0 Å². The lowest BCUT2D eigenvalue weighted by molar-refractivity contribution is -0.138. The lowest BCUT2D eigenvalue weighted by atomic mass is 9.69. The van der Waals surface area contributed by atoms with Gasteiger partial charge >= 0.3 is 0 Å². The highest BCUT2D eigenvalue weighted by Crippen LogP contribution is 2.39. The minimum absolute atomic E-state index is 0.266. The standard InChI is InChI=1S/C14H25NO.C5H10O2/c1-14(2)6-3-12(13(16)10-14)9-11-4-7-15-8-5-11;1-5(2,3)7-4-6/h11-12,15H,3-10H2,1-2H3;4H,1-3H3. The van der Waals surface area contributed by atoms with Gasteiger partial charge in [-0.2, -0.15) is 0 Å². The van der Waals surface area contributed by atoms with Crippen LogP contribution in [0.2, 0.25) is 0 Å². The molecular formula is C19H35NO3. The fourth-order valence-corrected chi connectivity index (χ4v) is 3.34. The molecule has 1 saturated carbocycles. The molecule has 0 aromatic heterocycles. The number of Topliss-reactive ketones (excluding diaryl/α,β-unsaturated/α-hetero) is 1. The molecule has 23 heavy (non-hydrogen) atoms. The second-order valence-corrected chi connectivity index (χ2v) is 8.80. The van der Waals surface area contributed by atoms with Gasteiger partial charge in [0, 0.05) is 12.3 Å². The highest BCUT2D eigenvalue weighted by molar-refractivity contribution is 5.82. The summed E-state index contributed by atoms with van der Waals surface area (Å²) in [5.41, 5.74) is -0.0521. The molecule has 0 bridgehead atoms. The van der Waals surface area contributed by atoms with Crippen LogP contribution in [0.15, 0.2) is 0 Å². The number of hydrogen-bond donors (Lipinski definition) is 1. The Labute approximate surface area is 141 Å². The average molecular weight is 325 g/mol. The van der Waals surface area contributed by atoms with Crippen molar-refractivity contribution in [3.63, 3.8) is 0 Å². The summed E-state index contributed by atoms with van der Waals surface area (Å²) in [7, 11) is 0. The first kappa shape index (κ1) is 20.1. The Hall–Kier alpha value is -0.900. The number of ether oxygens (including phenoxy) is 1. The molecular weight excluding hydrogens is 290 g/mol. The van der Waals surface area contributed by atoms with Gasteiger partial charge < -0.3 is 10.1 Å². The molecule has 2 fully saturated rings. The number of hydrogen-bond acceptors (Lipinski definition) is 4. The number of carbonyl (C=O) groups excluding carboxylic acids is 2. The Morgan fingerprint density at radius 2 is 1.83 bits per heavy atom. The summed E-state index contributed by atoms with van der Waals surface area (Å²) < 4.78 is 4.55. The summed E-state index contributed by atoms with van der Waals surface area (Å²) in [5, 5.41) is 3.39. The van der Waals surface area contributed by atoms with E-state index in [2.05, 4.69) is 23.9 Å². The molecule has 4 nitrogen and oxygen atoms in total. The molecule has 1 unspecified atom stereocenters. The summed E-state index contributed by atoms with van der Waals surface area (Å²) in [4.78, 5) is 21.7. The Balaban J connectivity index is 0.000000322. The third kappa shape index (κ3) is 8.50. The minimum Gasteiger partial charge on any atom is -0.462 e. The van der Waals surface area contributed by atoms with E-state index in [9.17, 15) is 9.59 Å². The molecule has 134 valence electrons. The molecule has 1 aliphatic carbocycles. The van der Waals surface area contributed by atoms with Gasteiger partial charge in [0.2, 0.25) is 0 Å². The van der Waals surface area contributed by atoms with Gasteiger partial charge in [-0.05, 0) is 77.3 Å². The Morgan fingerprint density at radius 1 is 1.22 bits per heavy atom. The van der Waals surface area contributed by atoms with E-state index >= 15 is 0 Å². The molecule has 2 aliphatic rings. The Morgan fingerprint density at radius 3 is 2.26 bits per heavy atom. The van der Waals surface area contributed by atoms with Gasteiger partial charge in [0.15, 0.2) is 0 Å². The van der Waals surface area contributed by atoms with Crippen LogP contribution in [0.5, 0.6) is 0 Å². The van der Waals surface area contributed by atoms with Crippen molar-refractivity contribution in [2.45, 2.75) is 78.7 Å². The van der Waals surface area contributed by atoms with Gasteiger partial charge in [-0.15, -0.1) is 0 Å². The van der Waals surface area contributed by atoms with Crippen LogP contribution in [-0.2, 0) is 14.3 Å². The van der Waals surface area contributed by atoms with E-state index in [4.69, 9.17) is 0 Å². The van der Waals surface area contributed by atoms with Crippen LogP contribution >= 0.6 is 0 Å². The second kappa shape index (κ2) is 8.81. The molecule has 1 aliphatic heterocycles. The molecule has 0 aromatic carbocycles. The number of carbonyl (C=O) groups is 2. The van der Waals surface area contributed by atoms with Crippen LogP contribution in [-0.4, -0.2) is 30.9 Å². The number of rotatable bonds is 3. The molecule has 1 saturated heterocycles. The Kier molecular flexibility index (Phi) is 7.72. The first-order chi connectivity index (χ1) is 10.6. The minimum atomic E-state index is -0.318. The van der Waals surface area contributed by atoms with Crippen molar-refractivity contribution in [1.29, 1.82) is 0 Å². The summed E-state index contributed by atoms with van der Waals surface area (Å²) in [5.74, 6) is 1.72. The normalized spacial score (nSPS) is 25.3. The third-order valence-corrected chi connectivity index (χ3v) is 4.76. The molecule has 1 heterocycles. The van der Waals surface area contributed by atoms with Gasteiger partial charge in [0.1, 0.15) is 11.4 Å². The average Bonchev–Trinajstić information content (AvgIpc) is 2.42. The van der Waals surface area contributed by atoms with Crippen molar-refractivity contribution in [3.05, 3.63) is 0 Å². The largest absolute Gasteiger partial charge is 0.462 e. The van der Waals surface area contributed by atoms with Gasteiger partial charge in [0.25, 0.3) is 6.47 Å². The van der Waals surface area contributed by atoms with E-state index < -0.39 is 0 Å². The van der Waals surface area contributed by atoms with Crippen molar-refractivity contribution in [1.82, 2.24) is 5.32 Å². The monoisotopic (exact) mass is 325 g/mol. The predicted octanol–water partition coefficient (Wildman–Crippen LogP) is 3.73. The van der Waals surface area contributed by atoms with E-state index in [1.54, 1.807) is 0 Å². The molecule has 0 spiro atoms. The predicted molar refractivity (Wildman–Crippen MR) is 93.2 cm³/mol. The maximum absolute atomic E-state index is 12.1. The number of piperidine rings is 1. The van der Waals surface area contributed by atoms with Crippen molar-refractivity contribution < 1.29 is 14.3 Å². The van der Waals surface area contributed by atoms with Crippen LogP contribution < -0.4 is 5.32 Å². The van der Waals surface area contributed by atoms with E-state index in [0.29, 0.717) is 18.2 Å². The molecule has 4 heteroatoms. The topological polar surface area (TPSA) is 55.4 Å². The SMILES string of the molecule is CC(C)(C)OC=O.CC1(C)CCC(CC2CCNCC2)C(=O)C1. The molecule has 0 amide bonds. The fraction of sp³-hybridized carbons (Fsp3) is 0.895. The van der Waals surface area contributed by atoms with Crippen molar-refractivity contribution in [2.75, 3.05) is 13.1 Å². The number of nitrogens with one attached hydrogen (secondary N) is 1. The zero-order chi connectivity index (χ0) is 17.5. The molecule has 1 atom stereocenters. The second-order valence-electron chi connectivity index (χ2n) is 8.80. The van der Waals surface area contributed by atoms with Gasteiger partial charge in [-0.1, -0.05) is 13.8 Å². The molecule has 2 rings (SSSR count). The maximum atomic E-state index is 12.1. The van der Waals surface area contributed by atoms with Crippen LogP contribution in [0.3, 0.4) is 0 Å². The highest BCUT2D eigenvalue weighted by Gasteiger charge is 2.34. The van der Waals surface area contributed by atoms with Crippen molar-refractivity contribution in [3.8, 4) is 0 Å². The lowest BCUT2D eigenvalue weighted by Crippen LogP contribution is -2.34. The fourth-order valence-electron chi connectivity index (χ4n) is 3.34. The van der Waals surface area contributed by atoms with E-state index in [-0.39, 0.29) is 11.0 Å². The van der Waals surface area contributed by atoms with Crippen LogP contribution in [0.1, 0.15) is 73.1 Å². The first-order valence-corrected chi connectivity index (χ1v) is 8.98. The Bertz CT molecular complexity index is 379. The van der Waals surface area contributed by atoms with Crippen molar-refractivity contribution in [2.24, 2.45) is 17.3 Å². The summed E-state index contributed by atoms with van der Waals surface area (Å²) in [6, 6.07) is 0. The van der Waals surface area contributed by atoms with E-state index in [1.807, 2.05) is 20.8 Å². The highest BCUT2D eigenvalue weighted by atomic mass is 16.5. The quantitative estimate of drug-likeness (QED) is 0.803.